The van der Waals surface area contributed by atoms with Crippen molar-refractivity contribution < 1.29 is 5.11 Å². The maximum Gasteiger partial charge on any atom is 0.0762 e. The summed E-state index contributed by atoms with van der Waals surface area (Å²) in [5.74, 6) is 0. The van der Waals surface area contributed by atoms with Gasteiger partial charge in [-0.25, -0.2) is 0 Å². The number of aliphatic hydroxyl groups is 1. The monoisotopic (exact) mass is 288 g/mol. The van der Waals surface area contributed by atoms with Gasteiger partial charge in [-0.2, -0.15) is 0 Å². The summed E-state index contributed by atoms with van der Waals surface area (Å²) in [6.07, 6.45) is 0.763. The molecule has 0 heterocycles. The van der Waals surface area contributed by atoms with Gasteiger partial charge in [0, 0.05) is 14.6 Å². The molecule has 2 atom stereocenters. The molecule has 0 spiro atoms. The summed E-state index contributed by atoms with van der Waals surface area (Å²) in [5, 5.41) is 10.1. The number of aliphatic hydroxyl groups excluding tert-OH is 1. The third kappa shape index (κ3) is 3.82. The number of rotatable bonds is 4. The lowest BCUT2D eigenvalue weighted by atomic mass is 10.1. The van der Waals surface area contributed by atoms with Crippen molar-refractivity contribution in [1.29, 1.82) is 0 Å². The van der Waals surface area contributed by atoms with Gasteiger partial charge in [-0.05, 0) is 47.0 Å². The van der Waals surface area contributed by atoms with E-state index in [1.165, 1.54) is 4.90 Å². The SMILES string of the molecule is CCC(C)Sc1ccc([C@H](C)O)cc1Br. The lowest BCUT2D eigenvalue weighted by molar-refractivity contribution is 0.199. The molecule has 1 rings (SSSR count). The highest BCUT2D eigenvalue weighted by atomic mass is 79.9. The molecule has 0 saturated heterocycles. The molecule has 1 N–H and O–H groups in total. The lowest BCUT2D eigenvalue weighted by Crippen LogP contribution is -1.94. The summed E-state index contributed by atoms with van der Waals surface area (Å²) in [7, 11) is 0. The van der Waals surface area contributed by atoms with Gasteiger partial charge in [0.2, 0.25) is 0 Å². The normalized spacial score (nSPS) is 15.0. The van der Waals surface area contributed by atoms with Crippen molar-refractivity contribution in [2.24, 2.45) is 0 Å². The van der Waals surface area contributed by atoms with Crippen LogP contribution >= 0.6 is 27.7 Å². The van der Waals surface area contributed by atoms with E-state index < -0.39 is 6.10 Å². The molecule has 0 aromatic heterocycles. The van der Waals surface area contributed by atoms with Crippen molar-refractivity contribution >= 4 is 27.7 Å². The van der Waals surface area contributed by atoms with Gasteiger partial charge in [-0.3, -0.25) is 0 Å². The van der Waals surface area contributed by atoms with Gasteiger partial charge in [0.05, 0.1) is 6.10 Å². The Morgan fingerprint density at radius 1 is 1.40 bits per heavy atom. The van der Waals surface area contributed by atoms with Gasteiger partial charge >= 0.3 is 0 Å². The summed E-state index contributed by atoms with van der Waals surface area (Å²) in [5.41, 5.74) is 0.954. The van der Waals surface area contributed by atoms with Crippen molar-refractivity contribution in [3.05, 3.63) is 28.2 Å². The number of halogens is 1. The van der Waals surface area contributed by atoms with Crippen LogP contribution in [0.2, 0.25) is 0 Å². The Kier molecular flexibility index (Phi) is 5.16. The molecule has 0 saturated carbocycles. The first kappa shape index (κ1) is 13.1. The van der Waals surface area contributed by atoms with Crippen molar-refractivity contribution in [3.63, 3.8) is 0 Å². The molecular weight excluding hydrogens is 272 g/mol. The molecule has 0 bridgehead atoms. The summed E-state index contributed by atoms with van der Waals surface area (Å²) >= 11 is 5.40. The second-order valence-electron chi connectivity index (χ2n) is 3.70. The molecule has 0 aliphatic carbocycles. The molecule has 1 nitrogen and oxygen atoms in total. The quantitative estimate of drug-likeness (QED) is 0.829. The topological polar surface area (TPSA) is 20.2 Å². The number of benzene rings is 1. The molecule has 15 heavy (non-hydrogen) atoms. The van der Waals surface area contributed by atoms with E-state index in [-0.39, 0.29) is 0 Å². The first-order valence-corrected chi connectivity index (χ1v) is 6.86. The molecule has 84 valence electrons. The van der Waals surface area contributed by atoms with Gasteiger partial charge in [0.25, 0.3) is 0 Å². The maximum absolute atomic E-state index is 9.44. The molecule has 0 aliphatic heterocycles. The average Bonchev–Trinajstić information content (AvgIpc) is 2.20. The number of hydrogen-bond donors (Lipinski definition) is 1. The average molecular weight is 289 g/mol. The van der Waals surface area contributed by atoms with E-state index in [0.29, 0.717) is 5.25 Å². The third-order valence-corrected chi connectivity index (χ3v) is 4.61. The summed E-state index contributed by atoms with van der Waals surface area (Å²) in [6.45, 7) is 6.19. The van der Waals surface area contributed by atoms with Crippen LogP contribution in [0.15, 0.2) is 27.6 Å². The Morgan fingerprint density at radius 2 is 2.07 bits per heavy atom. The molecule has 3 heteroatoms. The summed E-state index contributed by atoms with van der Waals surface area (Å²) < 4.78 is 1.08. The Hall–Kier alpha value is 0.01000. The Balaban J connectivity index is 2.83. The van der Waals surface area contributed by atoms with E-state index in [1.807, 2.05) is 23.9 Å². The first-order valence-electron chi connectivity index (χ1n) is 5.18. The second-order valence-corrected chi connectivity index (χ2v) is 6.04. The lowest BCUT2D eigenvalue weighted by Gasteiger charge is -2.12. The van der Waals surface area contributed by atoms with Crippen LogP contribution in [-0.4, -0.2) is 10.4 Å². The highest BCUT2D eigenvalue weighted by Crippen LogP contribution is 2.33. The zero-order chi connectivity index (χ0) is 11.4. The van der Waals surface area contributed by atoms with Gasteiger partial charge in [0.15, 0.2) is 0 Å². The van der Waals surface area contributed by atoms with E-state index in [4.69, 9.17) is 0 Å². The fraction of sp³-hybridized carbons (Fsp3) is 0.500. The zero-order valence-electron chi connectivity index (χ0n) is 9.33. The van der Waals surface area contributed by atoms with Crippen LogP contribution in [-0.2, 0) is 0 Å². The highest BCUT2D eigenvalue weighted by molar-refractivity contribution is 9.10. The smallest absolute Gasteiger partial charge is 0.0762 e. The number of thioether (sulfide) groups is 1. The molecule has 0 radical (unpaired) electrons. The van der Waals surface area contributed by atoms with Crippen LogP contribution in [0.1, 0.15) is 38.9 Å². The molecule has 1 aromatic rings. The third-order valence-electron chi connectivity index (χ3n) is 2.34. The van der Waals surface area contributed by atoms with Gasteiger partial charge in [0.1, 0.15) is 0 Å². The highest BCUT2D eigenvalue weighted by Gasteiger charge is 2.08. The van der Waals surface area contributed by atoms with Crippen LogP contribution < -0.4 is 0 Å². The fourth-order valence-corrected chi connectivity index (χ4v) is 2.77. The van der Waals surface area contributed by atoms with Crippen molar-refractivity contribution in [2.45, 2.75) is 43.4 Å². The maximum atomic E-state index is 9.44. The van der Waals surface area contributed by atoms with Gasteiger partial charge in [-0.1, -0.05) is 19.9 Å². The van der Waals surface area contributed by atoms with E-state index >= 15 is 0 Å². The molecular formula is C12H17BrOS. The van der Waals surface area contributed by atoms with Gasteiger partial charge in [-0.15, -0.1) is 11.8 Å². The fourth-order valence-electron chi connectivity index (χ4n) is 1.17. The Morgan fingerprint density at radius 3 is 2.53 bits per heavy atom. The second kappa shape index (κ2) is 5.92. The molecule has 0 amide bonds. The van der Waals surface area contributed by atoms with Crippen molar-refractivity contribution in [1.82, 2.24) is 0 Å². The molecule has 1 aromatic carbocycles. The van der Waals surface area contributed by atoms with E-state index in [1.54, 1.807) is 6.92 Å². The van der Waals surface area contributed by atoms with Crippen LogP contribution in [0.25, 0.3) is 0 Å². The summed E-state index contributed by atoms with van der Waals surface area (Å²) in [4.78, 5) is 1.24. The van der Waals surface area contributed by atoms with Crippen LogP contribution in [0.5, 0.6) is 0 Å². The predicted octanol–water partition coefficient (Wildman–Crippen LogP) is 4.39. The molecule has 0 aliphatic rings. The first-order chi connectivity index (χ1) is 7.04. The van der Waals surface area contributed by atoms with E-state index in [0.717, 1.165) is 16.5 Å². The molecule has 1 unspecified atom stereocenters. The number of hydrogen-bond acceptors (Lipinski definition) is 2. The zero-order valence-corrected chi connectivity index (χ0v) is 11.7. The predicted molar refractivity (Wildman–Crippen MR) is 70.4 cm³/mol. The summed E-state index contributed by atoms with van der Waals surface area (Å²) in [6, 6.07) is 6.05. The van der Waals surface area contributed by atoms with E-state index in [9.17, 15) is 5.11 Å². The molecule has 0 fully saturated rings. The standard InChI is InChI=1S/C12H17BrOS/c1-4-8(2)15-12-6-5-10(9(3)14)7-11(12)13/h5-9,14H,4H2,1-3H3/t8?,9-/m0/s1. The van der Waals surface area contributed by atoms with Crippen molar-refractivity contribution in [3.8, 4) is 0 Å². The minimum Gasteiger partial charge on any atom is -0.389 e. The van der Waals surface area contributed by atoms with Crippen molar-refractivity contribution in [2.75, 3.05) is 0 Å². The minimum atomic E-state index is -0.399. The largest absolute Gasteiger partial charge is 0.389 e. The van der Waals surface area contributed by atoms with E-state index in [2.05, 4.69) is 35.8 Å². The minimum absolute atomic E-state index is 0.399. The van der Waals surface area contributed by atoms with Gasteiger partial charge < -0.3 is 5.11 Å². The van der Waals surface area contributed by atoms with Crippen LogP contribution in [0.4, 0.5) is 0 Å². The Labute approximate surface area is 104 Å². The van der Waals surface area contributed by atoms with Crippen LogP contribution in [0.3, 0.4) is 0 Å². The Bertz CT molecular complexity index is 325. The van der Waals surface area contributed by atoms with Crippen LogP contribution in [0, 0.1) is 0 Å².